The van der Waals surface area contributed by atoms with Crippen LogP contribution < -0.4 is 33.6 Å². The van der Waals surface area contributed by atoms with Crippen molar-refractivity contribution in [1.29, 1.82) is 21.2 Å². The van der Waals surface area contributed by atoms with Crippen LogP contribution in [-0.2, 0) is 0 Å². The van der Waals surface area contributed by atoms with Gasteiger partial charge in [-0.1, -0.05) is 7.43 Å². The Balaban J connectivity index is -0.000000102. The van der Waals surface area contributed by atoms with Crippen LogP contribution in [0, 0.1) is 39.8 Å². The van der Waals surface area contributed by atoms with Gasteiger partial charge in [0.05, 0.1) is 0 Å². The van der Waals surface area contributed by atoms with Gasteiger partial charge in [-0.2, -0.15) is 20.8 Å². The minimum atomic E-state index is -0.435. The molecule has 0 fully saturated rings. The van der Waals surface area contributed by atoms with Crippen molar-refractivity contribution in [1.82, 2.24) is 10.6 Å². The van der Waals surface area contributed by atoms with Gasteiger partial charge in [0.15, 0.2) is 12.4 Å². The number of hydrogen-bond acceptors (Lipinski definition) is 6. The lowest BCUT2D eigenvalue weighted by Crippen LogP contribution is -2.29. The smallest absolute Gasteiger partial charge is 0.215 e. The molecule has 0 unspecified atom stereocenters. The summed E-state index contributed by atoms with van der Waals surface area (Å²) in [5.41, 5.74) is 19.2. The number of nitrogens with two attached hydrogens (primary N) is 4. The molecule has 0 aliphatic rings. The summed E-state index contributed by atoms with van der Waals surface area (Å²) in [4.78, 5) is 6.09. The zero-order chi connectivity index (χ0) is 15.7. The Morgan fingerprint density at radius 1 is 1.10 bits per heavy atom. The van der Waals surface area contributed by atoms with Crippen LogP contribution in [0.5, 0.6) is 0 Å². The molecule has 0 heterocycles. The van der Waals surface area contributed by atoms with Gasteiger partial charge in [-0.15, -0.1) is 4.99 Å². The predicted molar refractivity (Wildman–Crippen MR) is 75.1 cm³/mol. The van der Waals surface area contributed by atoms with E-state index in [0.29, 0.717) is 0 Å². The number of rotatable bonds is 0. The van der Waals surface area contributed by atoms with E-state index < -0.39 is 5.96 Å². The van der Waals surface area contributed by atoms with Crippen molar-refractivity contribution in [3.8, 4) is 18.6 Å². The fraction of sp³-hybridized carbons (Fsp3) is 0.250. The first-order valence-electron chi connectivity index (χ1n) is 4.22. The molecular formula is C8H18N12. The Labute approximate surface area is 116 Å². The van der Waals surface area contributed by atoms with Gasteiger partial charge in [-0.25, -0.2) is 0 Å². The van der Waals surface area contributed by atoms with Crippen LogP contribution in [0.15, 0.2) is 9.98 Å². The molecule has 12 nitrogen and oxygen atoms in total. The molecule has 0 aromatic heterocycles. The van der Waals surface area contributed by atoms with Crippen molar-refractivity contribution in [3.05, 3.63) is 0 Å². The molecule has 0 aliphatic heterocycles. The maximum Gasteiger partial charge on any atom is 0.215 e. The fourth-order valence-electron chi connectivity index (χ4n) is 0.273. The van der Waals surface area contributed by atoms with Gasteiger partial charge in [0.2, 0.25) is 24.1 Å². The van der Waals surface area contributed by atoms with Crippen LogP contribution >= 0.6 is 0 Å². The zero-order valence-electron chi connectivity index (χ0n) is 10.0. The largest absolute Gasteiger partial charge is 0.369 e. The summed E-state index contributed by atoms with van der Waals surface area (Å²) in [7, 11) is 1.57. The van der Waals surface area contributed by atoms with E-state index in [4.69, 9.17) is 44.1 Å². The predicted octanol–water partition coefficient (Wildman–Crippen LogP) is -2.67. The molecule has 11 N–H and O–H groups in total. The summed E-state index contributed by atoms with van der Waals surface area (Å²) in [5.74, 6) is -0.808. The van der Waals surface area contributed by atoms with Crippen LogP contribution in [0.1, 0.15) is 7.43 Å². The number of nitriles is 3. The molecule has 0 spiro atoms. The Hall–Kier alpha value is -3.72. The normalized spacial score (nSPS) is 7.00. The number of hydrogen-bond donors (Lipinski definition) is 7. The Morgan fingerprint density at radius 2 is 1.55 bits per heavy atom. The summed E-state index contributed by atoms with van der Waals surface area (Å²) < 4.78 is 0. The molecule has 0 saturated heterocycles. The van der Waals surface area contributed by atoms with Gasteiger partial charge >= 0.3 is 0 Å². The van der Waals surface area contributed by atoms with Gasteiger partial charge in [-0.3, -0.25) is 10.7 Å². The average molecular weight is 282 g/mol. The third kappa shape index (κ3) is 47.5. The highest BCUT2D eigenvalue weighted by molar-refractivity contribution is 5.92. The topological polar surface area (TPSA) is 248 Å². The second-order valence-electron chi connectivity index (χ2n) is 2.12. The standard InChI is InChI=1S/C3H6N6.C2H4N4.C2H4N2.CH4/c4-1-8-3(7)9-2(5)6;3-1-6-2(4)5;1-4-2-3;/h(H6,5,6,7,8,9);(H4,4,5,6);4H,1H3;1H4. The van der Waals surface area contributed by atoms with E-state index in [1.54, 1.807) is 13.2 Å². The summed E-state index contributed by atoms with van der Waals surface area (Å²) in [6, 6.07) is 0. The van der Waals surface area contributed by atoms with Crippen molar-refractivity contribution in [2.45, 2.75) is 7.43 Å². The van der Waals surface area contributed by atoms with E-state index in [1.807, 2.05) is 5.32 Å². The molecule has 12 heteroatoms. The molecule has 0 bridgehead atoms. The molecule has 0 rings (SSSR count). The average Bonchev–Trinajstić information content (AvgIpc) is 2.29. The first-order valence-corrected chi connectivity index (χ1v) is 4.22. The van der Waals surface area contributed by atoms with Gasteiger partial charge in [0.1, 0.15) is 0 Å². The molecule has 0 amide bonds. The second-order valence-corrected chi connectivity index (χ2v) is 2.12. The second kappa shape index (κ2) is 20.7. The Kier molecular flexibility index (Phi) is 26.0. The van der Waals surface area contributed by atoms with Crippen molar-refractivity contribution in [3.63, 3.8) is 0 Å². The Morgan fingerprint density at radius 3 is 1.70 bits per heavy atom. The van der Waals surface area contributed by atoms with Crippen LogP contribution in [0.2, 0.25) is 0 Å². The third-order valence-electron chi connectivity index (χ3n) is 0.716. The summed E-state index contributed by atoms with van der Waals surface area (Å²) in [6.45, 7) is 0. The minimum Gasteiger partial charge on any atom is -0.369 e. The van der Waals surface area contributed by atoms with E-state index in [9.17, 15) is 0 Å². The molecule has 0 radical (unpaired) electrons. The first-order chi connectivity index (χ1) is 8.85. The van der Waals surface area contributed by atoms with E-state index >= 15 is 0 Å². The molecule has 0 atom stereocenters. The summed E-state index contributed by atoms with van der Waals surface area (Å²) in [6.07, 6.45) is 4.60. The molecule has 0 aromatic carbocycles. The third-order valence-corrected chi connectivity index (χ3v) is 0.716. The molecule has 0 aromatic rings. The quantitative estimate of drug-likeness (QED) is 0.106. The van der Waals surface area contributed by atoms with Gasteiger partial charge in [0, 0.05) is 7.05 Å². The number of nitrogens with zero attached hydrogens (tertiary/aromatic N) is 5. The lowest BCUT2D eigenvalue weighted by molar-refractivity contribution is 1.11. The minimum absolute atomic E-state index is 0. The van der Waals surface area contributed by atoms with E-state index in [1.165, 1.54) is 12.4 Å². The Bertz CT molecular complexity index is 424. The number of nitrogens with one attached hydrogen (secondary N) is 3. The van der Waals surface area contributed by atoms with Crippen LogP contribution in [0.25, 0.3) is 0 Å². The van der Waals surface area contributed by atoms with Gasteiger partial charge in [0.25, 0.3) is 0 Å². The zero-order valence-corrected chi connectivity index (χ0v) is 10.0. The molecule has 0 saturated carbocycles. The molecular weight excluding hydrogens is 264 g/mol. The van der Waals surface area contributed by atoms with Crippen molar-refractivity contribution < 1.29 is 0 Å². The maximum atomic E-state index is 7.92. The van der Waals surface area contributed by atoms with Crippen molar-refractivity contribution >= 4 is 17.9 Å². The highest BCUT2D eigenvalue weighted by atomic mass is 15.1. The molecule has 0 aliphatic carbocycles. The summed E-state index contributed by atoms with van der Waals surface area (Å²) in [5, 5.41) is 33.9. The monoisotopic (exact) mass is 282 g/mol. The van der Waals surface area contributed by atoms with Crippen LogP contribution in [0.3, 0.4) is 0 Å². The van der Waals surface area contributed by atoms with Crippen molar-refractivity contribution in [2.24, 2.45) is 32.9 Å². The number of aliphatic imine (C=N–C) groups is 2. The van der Waals surface area contributed by atoms with E-state index in [2.05, 4.69) is 15.3 Å². The highest BCUT2D eigenvalue weighted by Gasteiger charge is 1.86. The molecule has 20 heavy (non-hydrogen) atoms. The van der Waals surface area contributed by atoms with Gasteiger partial charge in [-0.05, 0) is 0 Å². The van der Waals surface area contributed by atoms with Crippen LogP contribution in [-0.4, -0.2) is 24.9 Å². The van der Waals surface area contributed by atoms with Crippen molar-refractivity contribution in [2.75, 3.05) is 7.05 Å². The van der Waals surface area contributed by atoms with E-state index in [-0.39, 0.29) is 19.3 Å². The summed E-state index contributed by atoms with van der Waals surface area (Å²) >= 11 is 0. The lowest BCUT2D eigenvalue weighted by atomic mass is 10.9. The number of guanidine groups is 3. The SMILES string of the molecule is C.CNC#N.N#CN=C(N)N.N#CNC(N)=NC(=N)N. The highest BCUT2D eigenvalue weighted by Crippen LogP contribution is 1.61. The lowest BCUT2D eigenvalue weighted by Gasteiger charge is -1.91. The van der Waals surface area contributed by atoms with Crippen LogP contribution in [0.4, 0.5) is 0 Å². The fourth-order valence-corrected chi connectivity index (χ4v) is 0.273. The maximum absolute atomic E-state index is 7.92. The first kappa shape index (κ1) is 25.2. The molecule has 110 valence electrons. The van der Waals surface area contributed by atoms with Gasteiger partial charge < -0.3 is 28.3 Å². The van der Waals surface area contributed by atoms with E-state index in [0.717, 1.165) is 0 Å².